The molecule has 0 spiro atoms. The lowest BCUT2D eigenvalue weighted by Crippen LogP contribution is -2.04. The number of hydrogen-bond acceptors (Lipinski definition) is 1. The summed E-state index contributed by atoms with van der Waals surface area (Å²) in [7, 11) is 0. The van der Waals surface area contributed by atoms with E-state index in [9.17, 15) is 0 Å². The SMILES string of the molecule is Clc1cccc(-c2cnn(C3CCCC3)c2)c1. The van der Waals surface area contributed by atoms with Crippen LogP contribution in [0.15, 0.2) is 36.7 Å². The Labute approximate surface area is 106 Å². The van der Waals surface area contributed by atoms with Gasteiger partial charge in [0.05, 0.1) is 12.2 Å². The fraction of sp³-hybridized carbons (Fsp3) is 0.357. The predicted molar refractivity (Wildman–Crippen MR) is 70.2 cm³/mol. The molecule has 0 radical (unpaired) electrons. The van der Waals surface area contributed by atoms with Crippen LogP contribution >= 0.6 is 11.6 Å². The topological polar surface area (TPSA) is 17.8 Å². The molecule has 1 heterocycles. The summed E-state index contributed by atoms with van der Waals surface area (Å²) in [5.74, 6) is 0. The number of hydrogen-bond donors (Lipinski definition) is 0. The number of nitrogens with zero attached hydrogens (tertiary/aromatic N) is 2. The molecule has 0 aliphatic heterocycles. The third-order valence-corrected chi connectivity index (χ3v) is 3.69. The zero-order valence-electron chi connectivity index (χ0n) is 9.64. The Balaban J connectivity index is 1.89. The minimum Gasteiger partial charge on any atom is -0.269 e. The predicted octanol–water partition coefficient (Wildman–Crippen LogP) is 4.32. The van der Waals surface area contributed by atoms with Crippen LogP contribution in [-0.4, -0.2) is 9.78 Å². The zero-order chi connectivity index (χ0) is 11.7. The van der Waals surface area contributed by atoms with Gasteiger partial charge in [0, 0.05) is 16.8 Å². The zero-order valence-corrected chi connectivity index (χ0v) is 10.4. The normalized spacial score (nSPS) is 16.5. The van der Waals surface area contributed by atoms with Gasteiger partial charge in [0.25, 0.3) is 0 Å². The van der Waals surface area contributed by atoms with Gasteiger partial charge in [-0.15, -0.1) is 0 Å². The van der Waals surface area contributed by atoms with Crippen molar-refractivity contribution in [1.29, 1.82) is 0 Å². The largest absolute Gasteiger partial charge is 0.269 e. The number of aromatic nitrogens is 2. The fourth-order valence-corrected chi connectivity index (χ4v) is 2.71. The summed E-state index contributed by atoms with van der Waals surface area (Å²) >= 11 is 6.00. The lowest BCUT2D eigenvalue weighted by atomic mass is 10.1. The van der Waals surface area contributed by atoms with Crippen LogP contribution in [0.4, 0.5) is 0 Å². The lowest BCUT2D eigenvalue weighted by molar-refractivity contribution is 0.467. The minimum absolute atomic E-state index is 0.600. The average molecular weight is 247 g/mol. The van der Waals surface area contributed by atoms with Crippen LogP contribution in [-0.2, 0) is 0 Å². The molecule has 0 unspecified atom stereocenters. The van der Waals surface area contributed by atoms with Crippen molar-refractivity contribution in [2.75, 3.05) is 0 Å². The molecule has 2 nitrogen and oxygen atoms in total. The first-order chi connectivity index (χ1) is 8.33. The Bertz CT molecular complexity index is 512. The summed E-state index contributed by atoms with van der Waals surface area (Å²) < 4.78 is 2.11. The third-order valence-electron chi connectivity index (χ3n) is 3.46. The van der Waals surface area contributed by atoms with Gasteiger partial charge in [-0.1, -0.05) is 36.6 Å². The number of benzene rings is 1. The van der Waals surface area contributed by atoms with Gasteiger partial charge in [0.15, 0.2) is 0 Å². The van der Waals surface area contributed by atoms with E-state index in [0.29, 0.717) is 6.04 Å². The Morgan fingerprint density at radius 3 is 2.76 bits per heavy atom. The monoisotopic (exact) mass is 246 g/mol. The molecule has 0 amide bonds. The molecule has 0 bridgehead atoms. The van der Waals surface area contributed by atoms with E-state index in [0.717, 1.165) is 16.1 Å². The van der Waals surface area contributed by atoms with E-state index in [1.165, 1.54) is 25.7 Å². The van der Waals surface area contributed by atoms with Gasteiger partial charge in [0.2, 0.25) is 0 Å². The maximum Gasteiger partial charge on any atom is 0.0568 e. The highest BCUT2D eigenvalue weighted by Gasteiger charge is 2.17. The summed E-state index contributed by atoms with van der Waals surface area (Å²) in [6.45, 7) is 0. The van der Waals surface area contributed by atoms with E-state index in [-0.39, 0.29) is 0 Å². The Morgan fingerprint density at radius 2 is 2.00 bits per heavy atom. The van der Waals surface area contributed by atoms with Crippen LogP contribution in [0.3, 0.4) is 0 Å². The molecule has 88 valence electrons. The van der Waals surface area contributed by atoms with Gasteiger partial charge in [-0.25, -0.2) is 0 Å². The van der Waals surface area contributed by atoms with E-state index in [1.807, 2.05) is 24.4 Å². The van der Waals surface area contributed by atoms with Crippen molar-refractivity contribution < 1.29 is 0 Å². The van der Waals surface area contributed by atoms with E-state index >= 15 is 0 Å². The molecule has 0 N–H and O–H groups in total. The number of rotatable bonds is 2. The first-order valence-electron chi connectivity index (χ1n) is 6.13. The van der Waals surface area contributed by atoms with Crippen molar-refractivity contribution in [3.63, 3.8) is 0 Å². The highest BCUT2D eigenvalue weighted by atomic mass is 35.5. The molecule has 1 aliphatic carbocycles. The van der Waals surface area contributed by atoms with Gasteiger partial charge < -0.3 is 0 Å². The standard InChI is InChI=1S/C14H15ClN2/c15-13-5-3-4-11(8-13)12-9-16-17(10-12)14-6-1-2-7-14/h3-5,8-10,14H,1-2,6-7H2. The fourth-order valence-electron chi connectivity index (χ4n) is 2.52. The third kappa shape index (κ3) is 2.22. The van der Waals surface area contributed by atoms with Crippen LogP contribution in [0.2, 0.25) is 5.02 Å². The molecule has 0 saturated heterocycles. The van der Waals surface area contributed by atoms with Crippen molar-refractivity contribution in [1.82, 2.24) is 9.78 Å². The van der Waals surface area contributed by atoms with Crippen LogP contribution in [0, 0.1) is 0 Å². The Kier molecular flexibility index (Phi) is 2.89. The van der Waals surface area contributed by atoms with Crippen molar-refractivity contribution in [3.05, 3.63) is 41.7 Å². The smallest absolute Gasteiger partial charge is 0.0568 e. The summed E-state index contributed by atoms with van der Waals surface area (Å²) in [4.78, 5) is 0. The van der Waals surface area contributed by atoms with Crippen molar-refractivity contribution in [2.24, 2.45) is 0 Å². The molecule has 1 aliphatic rings. The molecule has 1 aromatic carbocycles. The van der Waals surface area contributed by atoms with Crippen molar-refractivity contribution in [3.8, 4) is 11.1 Å². The maximum absolute atomic E-state index is 6.00. The van der Waals surface area contributed by atoms with Crippen LogP contribution in [0.5, 0.6) is 0 Å². The minimum atomic E-state index is 0.600. The van der Waals surface area contributed by atoms with Crippen LogP contribution < -0.4 is 0 Å². The molecule has 17 heavy (non-hydrogen) atoms. The second-order valence-corrected chi connectivity index (χ2v) is 5.09. The van der Waals surface area contributed by atoms with Gasteiger partial charge in [-0.05, 0) is 30.5 Å². The molecule has 1 aromatic heterocycles. The highest BCUT2D eigenvalue weighted by molar-refractivity contribution is 6.30. The number of halogens is 1. The van der Waals surface area contributed by atoms with E-state index in [2.05, 4.69) is 22.0 Å². The van der Waals surface area contributed by atoms with Gasteiger partial charge in [0.1, 0.15) is 0 Å². The van der Waals surface area contributed by atoms with E-state index in [1.54, 1.807) is 0 Å². The summed E-state index contributed by atoms with van der Waals surface area (Å²) in [5, 5.41) is 5.25. The van der Waals surface area contributed by atoms with Crippen molar-refractivity contribution in [2.45, 2.75) is 31.7 Å². The van der Waals surface area contributed by atoms with Gasteiger partial charge in [-0.3, -0.25) is 4.68 Å². The lowest BCUT2D eigenvalue weighted by Gasteiger charge is -2.08. The first kappa shape index (κ1) is 10.8. The summed E-state index contributed by atoms with van der Waals surface area (Å²) in [5.41, 5.74) is 2.29. The molecule has 0 atom stereocenters. The van der Waals surface area contributed by atoms with Crippen LogP contribution in [0.25, 0.3) is 11.1 Å². The molecule has 1 fully saturated rings. The van der Waals surface area contributed by atoms with E-state index in [4.69, 9.17) is 11.6 Å². The second kappa shape index (κ2) is 4.53. The van der Waals surface area contributed by atoms with Crippen molar-refractivity contribution >= 4 is 11.6 Å². The molecular weight excluding hydrogens is 232 g/mol. The molecule has 2 aromatic rings. The quantitative estimate of drug-likeness (QED) is 0.772. The molecule has 3 rings (SSSR count). The van der Waals surface area contributed by atoms with Gasteiger partial charge in [-0.2, -0.15) is 5.10 Å². The molecule has 3 heteroatoms. The van der Waals surface area contributed by atoms with E-state index < -0.39 is 0 Å². The highest BCUT2D eigenvalue weighted by Crippen LogP contribution is 2.30. The molecular formula is C14H15ClN2. The Hall–Kier alpha value is -1.28. The van der Waals surface area contributed by atoms with Crippen LogP contribution in [0.1, 0.15) is 31.7 Å². The first-order valence-corrected chi connectivity index (χ1v) is 6.51. The Morgan fingerprint density at radius 1 is 1.18 bits per heavy atom. The second-order valence-electron chi connectivity index (χ2n) is 4.66. The summed E-state index contributed by atoms with van der Waals surface area (Å²) in [6.07, 6.45) is 9.26. The maximum atomic E-state index is 6.00. The van der Waals surface area contributed by atoms with Gasteiger partial charge >= 0.3 is 0 Å². The molecule has 1 saturated carbocycles. The average Bonchev–Trinajstić information content (AvgIpc) is 3.00. The summed E-state index contributed by atoms with van der Waals surface area (Å²) in [6, 6.07) is 8.53.